The number of carbonyl (C=O) groups is 1. The second kappa shape index (κ2) is 7.31. The Kier molecular flexibility index (Phi) is 5.40. The molecule has 3 rings (SSSR count). The summed E-state index contributed by atoms with van der Waals surface area (Å²) in [7, 11) is 0. The van der Waals surface area contributed by atoms with Gasteiger partial charge < -0.3 is 10.0 Å². The van der Waals surface area contributed by atoms with Crippen LogP contribution >= 0.6 is 0 Å². The molecule has 0 aromatic heterocycles. The number of aliphatic hydroxyl groups excluding tert-OH is 1. The number of hydrogen-bond donors (Lipinski definition) is 1. The first-order chi connectivity index (χ1) is 10.7. The Morgan fingerprint density at radius 3 is 2.32 bits per heavy atom. The van der Waals surface area contributed by atoms with Gasteiger partial charge in [0, 0.05) is 25.2 Å². The number of aliphatic hydroxyl groups is 1. The Hall–Kier alpha value is -0.610. The minimum Gasteiger partial charge on any atom is -0.396 e. The summed E-state index contributed by atoms with van der Waals surface area (Å²) in [5.74, 6) is 1.55. The number of hydrogen-bond acceptors (Lipinski definition) is 3. The van der Waals surface area contributed by atoms with Gasteiger partial charge in [0.1, 0.15) is 0 Å². The number of piperidine rings is 1. The molecule has 126 valence electrons. The molecule has 0 radical (unpaired) electrons. The molecule has 1 N–H and O–H groups in total. The van der Waals surface area contributed by atoms with Gasteiger partial charge in [-0.05, 0) is 69.7 Å². The second-order valence-corrected chi connectivity index (χ2v) is 7.87. The Labute approximate surface area is 134 Å². The minimum atomic E-state index is 0.261. The number of likely N-dealkylation sites (tertiary alicyclic amines) is 1. The number of amides is 1. The van der Waals surface area contributed by atoms with Crippen molar-refractivity contribution in [1.29, 1.82) is 0 Å². The van der Waals surface area contributed by atoms with Crippen molar-refractivity contribution in [2.75, 3.05) is 26.2 Å². The molecular weight excluding hydrogens is 276 g/mol. The summed E-state index contributed by atoms with van der Waals surface area (Å²) in [6.45, 7) is 5.07. The van der Waals surface area contributed by atoms with E-state index in [4.69, 9.17) is 0 Å². The van der Waals surface area contributed by atoms with Crippen LogP contribution in [0.5, 0.6) is 0 Å². The highest BCUT2D eigenvalue weighted by atomic mass is 16.3. The molecule has 1 atom stereocenters. The summed E-state index contributed by atoms with van der Waals surface area (Å²) in [5, 5.41) is 9.36. The quantitative estimate of drug-likeness (QED) is 0.847. The van der Waals surface area contributed by atoms with Gasteiger partial charge in [-0.2, -0.15) is 0 Å². The summed E-state index contributed by atoms with van der Waals surface area (Å²) in [6, 6.07) is 1.03. The highest BCUT2D eigenvalue weighted by molar-refractivity contribution is 5.79. The number of nitrogens with zero attached hydrogens (tertiary/aromatic N) is 2. The van der Waals surface area contributed by atoms with Gasteiger partial charge in [-0.1, -0.05) is 6.92 Å². The molecule has 2 saturated carbocycles. The van der Waals surface area contributed by atoms with Gasteiger partial charge in [-0.3, -0.25) is 9.69 Å². The summed E-state index contributed by atoms with van der Waals surface area (Å²) >= 11 is 0. The van der Waals surface area contributed by atoms with E-state index < -0.39 is 0 Å². The van der Waals surface area contributed by atoms with E-state index in [2.05, 4.69) is 16.7 Å². The van der Waals surface area contributed by atoms with E-state index in [0.717, 1.165) is 31.8 Å². The molecule has 0 spiro atoms. The van der Waals surface area contributed by atoms with Crippen LogP contribution < -0.4 is 0 Å². The molecule has 1 unspecified atom stereocenters. The molecular formula is C18H32N2O2. The maximum absolute atomic E-state index is 12.9. The average Bonchev–Trinajstić information content (AvgIpc) is 3.34. The Balaban J connectivity index is 1.56. The van der Waals surface area contributed by atoms with Crippen molar-refractivity contribution >= 4 is 5.91 Å². The van der Waals surface area contributed by atoms with Crippen LogP contribution in [0.1, 0.15) is 58.3 Å². The lowest BCUT2D eigenvalue weighted by molar-refractivity contribution is -0.136. The average molecular weight is 308 g/mol. The van der Waals surface area contributed by atoms with Crippen molar-refractivity contribution < 1.29 is 9.90 Å². The fourth-order valence-electron chi connectivity index (χ4n) is 4.30. The Morgan fingerprint density at radius 2 is 1.73 bits per heavy atom. The SMILES string of the molecule is CC1CCC(N(C(=O)CN2CCCC(CO)C2)C2CC2)CC1. The zero-order chi connectivity index (χ0) is 15.5. The maximum atomic E-state index is 12.9. The zero-order valence-electron chi connectivity index (χ0n) is 14.0. The lowest BCUT2D eigenvalue weighted by atomic mass is 9.86. The monoisotopic (exact) mass is 308 g/mol. The maximum Gasteiger partial charge on any atom is 0.237 e. The summed E-state index contributed by atoms with van der Waals surface area (Å²) in [6.07, 6.45) is 9.57. The fraction of sp³-hybridized carbons (Fsp3) is 0.944. The molecule has 1 heterocycles. The number of rotatable bonds is 5. The molecule has 0 bridgehead atoms. The van der Waals surface area contributed by atoms with E-state index in [-0.39, 0.29) is 6.61 Å². The van der Waals surface area contributed by atoms with Crippen molar-refractivity contribution in [3.63, 3.8) is 0 Å². The standard InChI is InChI=1S/C18H32N2O2/c1-14-4-6-16(7-5-14)20(17-8-9-17)18(22)12-19-10-2-3-15(11-19)13-21/h14-17,21H,2-13H2,1H3. The molecule has 2 aliphatic carbocycles. The van der Waals surface area contributed by atoms with Gasteiger partial charge in [-0.15, -0.1) is 0 Å². The molecule has 0 aromatic carbocycles. The summed E-state index contributed by atoms with van der Waals surface area (Å²) in [4.78, 5) is 17.4. The van der Waals surface area contributed by atoms with Crippen LogP contribution in [0.3, 0.4) is 0 Å². The lowest BCUT2D eigenvalue weighted by Gasteiger charge is -2.38. The van der Waals surface area contributed by atoms with Gasteiger partial charge in [0.25, 0.3) is 0 Å². The molecule has 3 aliphatic rings. The molecule has 4 heteroatoms. The van der Waals surface area contributed by atoms with Gasteiger partial charge >= 0.3 is 0 Å². The molecule has 4 nitrogen and oxygen atoms in total. The third kappa shape index (κ3) is 4.02. The van der Waals surface area contributed by atoms with Crippen molar-refractivity contribution in [3.8, 4) is 0 Å². The van der Waals surface area contributed by atoms with E-state index in [1.807, 2.05) is 0 Å². The Morgan fingerprint density at radius 1 is 1.09 bits per heavy atom. The molecule has 22 heavy (non-hydrogen) atoms. The highest BCUT2D eigenvalue weighted by Crippen LogP contribution is 2.35. The van der Waals surface area contributed by atoms with Crippen LogP contribution in [0.15, 0.2) is 0 Å². The first-order valence-corrected chi connectivity index (χ1v) is 9.31. The van der Waals surface area contributed by atoms with Gasteiger partial charge in [0.05, 0.1) is 6.54 Å². The zero-order valence-corrected chi connectivity index (χ0v) is 14.0. The lowest BCUT2D eigenvalue weighted by Crippen LogP contribution is -2.49. The van der Waals surface area contributed by atoms with E-state index in [1.165, 1.54) is 38.5 Å². The molecule has 0 aromatic rings. The second-order valence-electron chi connectivity index (χ2n) is 7.87. The summed E-state index contributed by atoms with van der Waals surface area (Å²) in [5.41, 5.74) is 0. The van der Waals surface area contributed by atoms with Crippen molar-refractivity contribution in [2.45, 2.75) is 70.4 Å². The smallest absolute Gasteiger partial charge is 0.237 e. The van der Waals surface area contributed by atoms with Gasteiger partial charge in [-0.25, -0.2) is 0 Å². The third-order valence-electron chi connectivity index (χ3n) is 5.83. The number of carbonyl (C=O) groups excluding carboxylic acids is 1. The van der Waals surface area contributed by atoms with Crippen LogP contribution in [0.25, 0.3) is 0 Å². The largest absolute Gasteiger partial charge is 0.396 e. The Bertz CT molecular complexity index is 375. The summed E-state index contributed by atoms with van der Waals surface area (Å²) < 4.78 is 0. The molecule has 1 saturated heterocycles. The predicted molar refractivity (Wildman–Crippen MR) is 87.5 cm³/mol. The van der Waals surface area contributed by atoms with Crippen LogP contribution in [0, 0.1) is 11.8 Å². The first-order valence-electron chi connectivity index (χ1n) is 9.31. The van der Waals surface area contributed by atoms with Gasteiger partial charge in [0.2, 0.25) is 5.91 Å². The highest BCUT2D eigenvalue weighted by Gasteiger charge is 2.38. The first kappa shape index (κ1) is 16.3. The molecule has 1 aliphatic heterocycles. The predicted octanol–water partition coefficient (Wildman–Crippen LogP) is 2.26. The molecule has 3 fully saturated rings. The van der Waals surface area contributed by atoms with E-state index >= 15 is 0 Å². The van der Waals surface area contributed by atoms with Crippen LogP contribution in [-0.2, 0) is 4.79 Å². The topological polar surface area (TPSA) is 43.8 Å². The molecule has 1 amide bonds. The van der Waals surface area contributed by atoms with Crippen molar-refractivity contribution in [3.05, 3.63) is 0 Å². The third-order valence-corrected chi connectivity index (χ3v) is 5.83. The van der Waals surface area contributed by atoms with E-state index in [0.29, 0.717) is 30.5 Å². The van der Waals surface area contributed by atoms with Crippen molar-refractivity contribution in [2.24, 2.45) is 11.8 Å². The van der Waals surface area contributed by atoms with E-state index in [1.54, 1.807) is 0 Å². The van der Waals surface area contributed by atoms with Gasteiger partial charge in [0.15, 0.2) is 0 Å². The van der Waals surface area contributed by atoms with Crippen LogP contribution in [-0.4, -0.2) is 59.1 Å². The van der Waals surface area contributed by atoms with E-state index in [9.17, 15) is 9.90 Å². The van der Waals surface area contributed by atoms with Crippen LogP contribution in [0.4, 0.5) is 0 Å². The fourth-order valence-corrected chi connectivity index (χ4v) is 4.30. The minimum absolute atomic E-state index is 0.261. The van der Waals surface area contributed by atoms with Crippen LogP contribution in [0.2, 0.25) is 0 Å². The van der Waals surface area contributed by atoms with Crippen molar-refractivity contribution in [1.82, 2.24) is 9.80 Å². The normalized spacial score (nSPS) is 33.6.